The van der Waals surface area contributed by atoms with E-state index in [0.29, 0.717) is 31.3 Å². The van der Waals surface area contributed by atoms with E-state index in [-0.39, 0.29) is 23.3 Å². The number of hydrogen-bond acceptors (Lipinski definition) is 7. The van der Waals surface area contributed by atoms with Crippen molar-refractivity contribution in [3.63, 3.8) is 0 Å². The zero-order valence-corrected chi connectivity index (χ0v) is 21.5. The lowest BCUT2D eigenvalue weighted by atomic mass is 9.92. The SMILES string of the molecule is CO[C@@H]1CC/C=C(\C)C(OC(N)=O)[C@@H](C)/C=C\C=C(/C)C(=O)NC2=CC(=O)C=C(C2=O)[C@H](OC)CC1. The summed E-state index contributed by atoms with van der Waals surface area (Å²) in [7, 11) is 3.09. The molecule has 0 saturated carbocycles. The highest BCUT2D eigenvalue weighted by Crippen LogP contribution is 2.24. The molecule has 1 aliphatic heterocycles. The van der Waals surface area contributed by atoms with E-state index in [1.165, 1.54) is 13.2 Å². The van der Waals surface area contributed by atoms with Crippen LogP contribution in [-0.4, -0.2) is 56.1 Å². The van der Waals surface area contributed by atoms with Gasteiger partial charge in [0.05, 0.1) is 17.9 Å². The van der Waals surface area contributed by atoms with Gasteiger partial charge in [-0.2, -0.15) is 0 Å². The Kier molecular flexibility index (Phi) is 11.0. The first-order valence-corrected chi connectivity index (χ1v) is 11.9. The van der Waals surface area contributed by atoms with E-state index in [1.807, 2.05) is 19.9 Å². The molecule has 9 heteroatoms. The van der Waals surface area contributed by atoms with E-state index < -0.39 is 35.8 Å². The molecule has 36 heavy (non-hydrogen) atoms. The highest BCUT2D eigenvalue weighted by molar-refractivity contribution is 6.22. The molecular weight excluding hydrogens is 464 g/mol. The fourth-order valence-corrected chi connectivity index (χ4v) is 4.20. The van der Waals surface area contributed by atoms with Crippen LogP contribution in [-0.2, 0) is 28.6 Å². The smallest absolute Gasteiger partial charge is 0.405 e. The zero-order valence-electron chi connectivity index (χ0n) is 21.5. The first-order chi connectivity index (χ1) is 17.1. The van der Waals surface area contributed by atoms with Gasteiger partial charge < -0.3 is 25.3 Å². The molecule has 2 bridgehead atoms. The number of methoxy groups -OCH3 is 2. The van der Waals surface area contributed by atoms with E-state index in [1.54, 1.807) is 32.3 Å². The Morgan fingerprint density at radius 3 is 2.42 bits per heavy atom. The molecule has 1 heterocycles. The van der Waals surface area contributed by atoms with Crippen LogP contribution in [0.25, 0.3) is 0 Å². The Morgan fingerprint density at radius 1 is 1.06 bits per heavy atom. The van der Waals surface area contributed by atoms with Crippen LogP contribution in [0.1, 0.15) is 46.5 Å². The number of nitrogens with one attached hydrogen (secondary N) is 1. The van der Waals surface area contributed by atoms with Gasteiger partial charge in [-0.1, -0.05) is 31.2 Å². The van der Waals surface area contributed by atoms with Crippen molar-refractivity contribution in [2.75, 3.05) is 14.2 Å². The van der Waals surface area contributed by atoms with Gasteiger partial charge in [-0.15, -0.1) is 0 Å². The molecule has 196 valence electrons. The van der Waals surface area contributed by atoms with Gasteiger partial charge in [0.1, 0.15) is 6.10 Å². The highest BCUT2D eigenvalue weighted by Gasteiger charge is 2.30. The summed E-state index contributed by atoms with van der Waals surface area (Å²) in [5.41, 5.74) is 6.57. The first-order valence-electron chi connectivity index (χ1n) is 11.9. The quantitative estimate of drug-likeness (QED) is 0.449. The molecule has 0 saturated heterocycles. The predicted molar refractivity (Wildman–Crippen MR) is 135 cm³/mol. The highest BCUT2D eigenvalue weighted by atomic mass is 16.6. The maximum atomic E-state index is 13.1. The molecule has 2 amide bonds. The third-order valence-electron chi connectivity index (χ3n) is 6.30. The maximum Gasteiger partial charge on any atom is 0.405 e. The van der Waals surface area contributed by atoms with Gasteiger partial charge in [-0.25, -0.2) is 4.79 Å². The number of carbonyl (C=O) groups is 4. The van der Waals surface area contributed by atoms with Gasteiger partial charge in [0.2, 0.25) is 5.78 Å². The molecule has 2 aliphatic rings. The third kappa shape index (κ3) is 8.13. The molecular formula is C27H36N2O7. The first kappa shape index (κ1) is 28.9. The summed E-state index contributed by atoms with van der Waals surface area (Å²) < 4.78 is 16.5. The van der Waals surface area contributed by atoms with E-state index in [4.69, 9.17) is 19.9 Å². The molecule has 1 unspecified atom stereocenters. The van der Waals surface area contributed by atoms with Crippen LogP contribution in [0, 0.1) is 5.92 Å². The van der Waals surface area contributed by atoms with Crippen LogP contribution in [0.3, 0.4) is 0 Å². The van der Waals surface area contributed by atoms with Crippen molar-refractivity contribution in [2.24, 2.45) is 11.7 Å². The van der Waals surface area contributed by atoms with Crippen LogP contribution in [0.15, 0.2) is 58.9 Å². The average Bonchev–Trinajstić information content (AvgIpc) is 2.83. The fraction of sp³-hybridized carbons (Fsp3) is 0.481. The van der Waals surface area contributed by atoms with E-state index in [2.05, 4.69) is 5.32 Å². The number of carbonyl (C=O) groups excluding carboxylic acids is 4. The molecule has 0 radical (unpaired) electrons. The lowest BCUT2D eigenvalue weighted by Crippen LogP contribution is -2.34. The number of Topliss-reactive ketones (excluding diaryl/α,β-unsaturated/α-hetero) is 1. The Labute approximate surface area is 212 Å². The number of hydrogen-bond donors (Lipinski definition) is 2. The predicted octanol–water partition coefficient (Wildman–Crippen LogP) is 3.22. The molecule has 3 N–H and O–H groups in total. The lowest BCUT2D eigenvalue weighted by molar-refractivity contribution is -0.120. The summed E-state index contributed by atoms with van der Waals surface area (Å²) >= 11 is 0. The largest absolute Gasteiger partial charge is 0.441 e. The van der Waals surface area contributed by atoms with Gasteiger partial charge in [-0.05, 0) is 51.2 Å². The van der Waals surface area contributed by atoms with E-state index in [0.717, 1.165) is 11.6 Å². The van der Waals surface area contributed by atoms with Gasteiger partial charge in [0.25, 0.3) is 5.91 Å². The van der Waals surface area contributed by atoms with Crippen LogP contribution in [0.5, 0.6) is 0 Å². The van der Waals surface area contributed by atoms with Crippen molar-refractivity contribution in [1.82, 2.24) is 5.32 Å². The number of ether oxygens (including phenoxy) is 3. The van der Waals surface area contributed by atoms with Crippen molar-refractivity contribution >= 4 is 23.6 Å². The number of allylic oxidation sites excluding steroid dienone is 6. The topological polar surface area (TPSA) is 134 Å². The minimum absolute atomic E-state index is 0.0920. The van der Waals surface area contributed by atoms with Crippen LogP contribution >= 0.6 is 0 Å². The van der Waals surface area contributed by atoms with Crippen molar-refractivity contribution in [2.45, 2.75) is 64.8 Å². The molecule has 0 fully saturated rings. The summed E-state index contributed by atoms with van der Waals surface area (Å²) in [5, 5.41) is 2.54. The second-order valence-electron chi connectivity index (χ2n) is 8.98. The molecule has 2 rings (SSSR count). The van der Waals surface area contributed by atoms with E-state index in [9.17, 15) is 19.2 Å². The molecule has 4 atom stereocenters. The fourth-order valence-electron chi connectivity index (χ4n) is 4.20. The Balaban J connectivity index is 2.42. The minimum atomic E-state index is -0.870. The second kappa shape index (κ2) is 13.7. The molecule has 0 spiro atoms. The molecule has 0 aromatic rings. The van der Waals surface area contributed by atoms with Crippen LogP contribution in [0.2, 0.25) is 0 Å². The van der Waals surface area contributed by atoms with Crippen molar-refractivity contribution in [3.8, 4) is 0 Å². The van der Waals surface area contributed by atoms with Crippen molar-refractivity contribution in [1.29, 1.82) is 0 Å². The molecule has 9 nitrogen and oxygen atoms in total. The zero-order chi connectivity index (χ0) is 26.8. The average molecular weight is 501 g/mol. The molecule has 0 aromatic heterocycles. The number of fused-ring (bicyclic) bond motifs is 2. The maximum absolute atomic E-state index is 13.1. The standard InChI is InChI=1S/C27H36N2O7/c1-16-8-6-10-18(3)26(32)29-22-15-19(30)14-21(24(22)31)23(35-5)13-12-20(34-4)11-7-9-17(2)25(16)36-27(28)33/h6,8-10,14-16,20,23,25H,7,11-13H2,1-5H3,(H2,28,33)(H,29,32)/b8-6-,17-9+,18-10+/t16-,20+,23+,25?/m0/s1. The van der Waals surface area contributed by atoms with Crippen molar-refractivity contribution < 1.29 is 33.4 Å². The molecule has 1 aliphatic carbocycles. The number of ketones is 2. The Bertz CT molecular complexity index is 1020. The number of primary amides is 1. The third-order valence-corrected chi connectivity index (χ3v) is 6.30. The summed E-state index contributed by atoms with van der Waals surface area (Å²) in [5.74, 6) is -1.60. The lowest BCUT2D eigenvalue weighted by Gasteiger charge is -2.24. The summed E-state index contributed by atoms with van der Waals surface area (Å²) in [6.45, 7) is 5.34. The summed E-state index contributed by atoms with van der Waals surface area (Å²) in [6, 6.07) is 0. The van der Waals surface area contributed by atoms with Gasteiger partial charge in [0, 0.05) is 37.4 Å². The van der Waals surface area contributed by atoms with Gasteiger partial charge >= 0.3 is 6.09 Å². The Morgan fingerprint density at radius 2 is 1.78 bits per heavy atom. The monoisotopic (exact) mass is 500 g/mol. The Hall–Kier alpha value is -3.30. The number of amides is 2. The second-order valence-corrected chi connectivity index (χ2v) is 8.98. The van der Waals surface area contributed by atoms with E-state index >= 15 is 0 Å². The van der Waals surface area contributed by atoms with Gasteiger partial charge in [-0.3, -0.25) is 14.4 Å². The number of rotatable bonds is 3. The van der Waals surface area contributed by atoms with Crippen molar-refractivity contribution in [3.05, 3.63) is 58.9 Å². The van der Waals surface area contributed by atoms with Crippen LogP contribution in [0.4, 0.5) is 4.79 Å². The molecule has 0 aromatic carbocycles. The van der Waals surface area contributed by atoms with Gasteiger partial charge in [0.15, 0.2) is 5.78 Å². The number of nitrogens with two attached hydrogens (primary N) is 1. The summed E-state index contributed by atoms with van der Waals surface area (Å²) in [6.07, 6.45) is 9.59. The van der Waals surface area contributed by atoms with Crippen LogP contribution < -0.4 is 11.1 Å². The minimum Gasteiger partial charge on any atom is -0.441 e. The summed E-state index contributed by atoms with van der Waals surface area (Å²) in [4.78, 5) is 49.6. The normalized spacial score (nSPS) is 30.6.